The minimum atomic E-state index is -0.483. The summed E-state index contributed by atoms with van der Waals surface area (Å²) in [5, 5.41) is 2.55. The summed E-state index contributed by atoms with van der Waals surface area (Å²) >= 11 is 3.27. The van der Waals surface area contributed by atoms with Gasteiger partial charge in [-0.25, -0.2) is 9.78 Å². The molecule has 0 aliphatic rings. The Kier molecular flexibility index (Phi) is 4.55. The Hall–Kier alpha value is -1.10. The third-order valence-corrected chi connectivity index (χ3v) is 2.17. The predicted molar refractivity (Wildman–Crippen MR) is 61.7 cm³/mol. The summed E-state index contributed by atoms with van der Waals surface area (Å²) in [5.41, 5.74) is 0. The molecule has 0 saturated heterocycles. The van der Waals surface area contributed by atoms with Crippen molar-refractivity contribution in [2.75, 3.05) is 11.9 Å². The Morgan fingerprint density at radius 2 is 2.40 bits per heavy atom. The fraction of sp³-hybridized carbons (Fsp3) is 0.400. The van der Waals surface area contributed by atoms with Crippen molar-refractivity contribution in [1.29, 1.82) is 0 Å². The summed E-state index contributed by atoms with van der Waals surface area (Å²) in [6.07, 6.45) is 1.12. The molecule has 0 aliphatic heterocycles. The van der Waals surface area contributed by atoms with Gasteiger partial charge in [0.1, 0.15) is 5.82 Å². The van der Waals surface area contributed by atoms with E-state index in [0.717, 1.165) is 4.47 Å². The predicted octanol–water partition coefficient (Wildman–Crippen LogP) is 3.05. The summed E-state index contributed by atoms with van der Waals surface area (Å²) in [6, 6.07) is 3.57. The molecule has 82 valence electrons. The maximum atomic E-state index is 11.3. The molecule has 0 aromatic carbocycles. The standard InChI is InChI=1S/C10H13BrN2O2/c1-7(2)6-15-10(14)13-9-8(11)4-3-5-12-9/h3-5,7H,6H2,1-2H3,(H,12,13,14). The molecule has 1 aromatic heterocycles. The van der Waals surface area contributed by atoms with Gasteiger partial charge in [0.25, 0.3) is 0 Å². The zero-order chi connectivity index (χ0) is 11.3. The van der Waals surface area contributed by atoms with Crippen LogP contribution in [0.25, 0.3) is 0 Å². The minimum Gasteiger partial charge on any atom is -0.449 e. The van der Waals surface area contributed by atoms with Crippen molar-refractivity contribution in [1.82, 2.24) is 4.98 Å². The van der Waals surface area contributed by atoms with E-state index < -0.39 is 6.09 Å². The van der Waals surface area contributed by atoms with Crippen LogP contribution in [-0.4, -0.2) is 17.7 Å². The number of carbonyl (C=O) groups excluding carboxylic acids is 1. The highest BCUT2D eigenvalue weighted by molar-refractivity contribution is 9.10. The fourth-order valence-electron chi connectivity index (χ4n) is 0.853. The topological polar surface area (TPSA) is 51.2 Å². The summed E-state index contributed by atoms with van der Waals surface area (Å²) in [4.78, 5) is 15.3. The number of halogens is 1. The normalized spacial score (nSPS) is 10.1. The monoisotopic (exact) mass is 272 g/mol. The number of rotatable bonds is 3. The van der Waals surface area contributed by atoms with Crippen molar-refractivity contribution in [3.63, 3.8) is 0 Å². The Labute approximate surface area is 97.2 Å². The highest BCUT2D eigenvalue weighted by atomic mass is 79.9. The molecule has 1 rings (SSSR count). The van der Waals surface area contributed by atoms with Crippen LogP contribution in [0.5, 0.6) is 0 Å². The van der Waals surface area contributed by atoms with Gasteiger partial charge in [-0.15, -0.1) is 0 Å². The number of pyridine rings is 1. The molecule has 1 heterocycles. The lowest BCUT2D eigenvalue weighted by Gasteiger charge is -2.08. The quantitative estimate of drug-likeness (QED) is 0.920. The molecule has 0 spiro atoms. The van der Waals surface area contributed by atoms with E-state index >= 15 is 0 Å². The zero-order valence-corrected chi connectivity index (χ0v) is 10.2. The van der Waals surface area contributed by atoms with Gasteiger partial charge in [-0.1, -0.05) is 13.8 Å². The number of ether oxygens (including phenoxy) is 1. The van der Waals surface area contributed by atoms with E-state index in [2.05, 4.69) is 26.2 Å². The van der Waals surface area contributed by atoms with Gasteiger partial charge in [0, 0.05) is 6.20 Å². The van der Waals surface area contributed by atoms with Crippen molar-refractivity contribution in [2.24, 2.45) is 5.92 Å². The molecule has 0 saturated carbocycles. The summed E-state index contributed by atoms with van der Waals surface area (Å²) < 4.78 is 5.68. The third kappa shape index (κ3) is 4.29. The first-order valence-electron chi connectivity index (χ1n) is 4.64. The SMILES string of the molecule is CC(C)COC(=O)Nc1ncccc1Br. The number of nitrogens with one attached hydrogen (secondary N) is 1. The Bertz CT molecular complexity index is 342. The first-order chi connectivity index (χ1) is 7.09. The maximum Gasteiger partial charge on any atom is 0.412 e. The van der Waals surface area contributed by atoms with Crippen LogP contribution in [0.1, 0.15) is 13.8 Å². The second kappa shape index (κ2) is 5.70. The Morgan fingerprint density at radius 3 is 3.00 bits per heavy atom. The van der Waals surface area contributed by atoms with Crippen LogP contribution in [0.4, 0.5) is 10.6 Å². The molecule has 1 N–H and O–H groups in total. The lowest BCUT2D eigenvalue weighted by molar-refractivity contribution is 0.147. The molecule has 15 heavy (non-hydrogen) atoms. The molecular formula is C10H13BrN2O2. The van der Waals surface area contributed by atoms with E-state index in [0.29, 0.717) is 18.3 Å². The van der Waals surface area contributed by atoms with E-state index in [1.54, 1.807) is 18.3 Å². The average Bonchev–Trinajstić information content (AvgIpc) is 2.18. The molecule has 0 bridgehead atoms. The number of carbonyl (C=O) groups is 1. The van der Waals surface area contributed by atoms with Crippen molar-refractivity contribution in [3.05, 3.63) is 22.8 Å². The summed E-state index contributed by atoms with van der Waals surface area (Å²) in [7, 11) is 0. The molecule has 0 unspecified atom stereocenters. The third-order valence-electron chi connectivity index (χ3n) is 1.53. The molecule has 1 amide bonds. The first-order valence-corrected chi connectivity index (χ1v) is 5.43. The van der Waals surface area contributed by atoms with Crippen LogP contribution < -0.4 is 5.32 Å². The molecule has 4 nitrogen and oxygen atoms in total. The molecule has 0 atom stereocenters. The van der Waals surface area contributed by atoms with Gasteiger partial charge in [-0.05, 0) is 34.0 Å². The lowest BCUT2D eigenvalue weighted by atomic mass is 10.2. The first kappa shape index (κ1) is 12.0. The highest BCUT2D eigenvalue weighted by Gasteiger charge is 2.07. The number of nitrogens with zero attached hydrogens (tertiary/aromatic N) is 1. The second-order valence-electron chi connectivity index (χ2n) is 3.45. The number of hydrogen-bond acceptors (Lipinski definition) is 3. The maximum absolute atomic E-state index is 11.3. The van der Waals surface area contributed by atoms with Crippen molar-refractivity contribution >= 4 is 27.8 Å². The smallest absolute Gasteiger partial charge is 0.412 e. The van der Waals surface area contributed by atoms with Gasteiger partial charge in [0.15, 0.2) is 0 Å². The van der Waals surface area contributed by atoms with E-state index in [9.17, 15) is 4.79 Å². The number of aromatic nitrogens is 1. The molecular weight excluding hydrogens is 260 g/mol. The van der Waals surface area contributed by atoms with Crippen molar-refractivity contribution < 1.29 is 9.53 Å². The lowest BCUT2D eigenvalue weighted by Crippen LogP contribution is -2.17. The molecule has 0 aliphatic carbocycles. The Morgan fingerprint density at radius 1 is 1.67 bits per heavy atom. The van der Waals surface area contributed by atoms with Crippen LogP contribution >= 0.6 is 15.9 Å². The van der Waals surface area contributed by atoms with Gasteiger partial charge in [0.2, 0.25) is 0 Å². The largest absolute Gasteiger partial charge is 0.449 e. The molecule has 0 radical (unpaired) electrons. The minimum absolute atomic E-state index is 0.322. The number of anilines is 1. The Balaban J connectivity index is 2.48. The van der Waals surface area contributed by atoms with Crippen LogP contribution in [-0.2, 0) is 4.74 Å². The van der Waals surface area contributed by atoms with Crippen molar-refractivity contribution in [3.8, 4) is 0 Å². The van der Waals surface area contributed by atoms with E-state index in [-0.39, 0.29) is 0 Å². The second-order valence-corrected chi connectivity index (χ2v) is 4.31. The van der Waals surface area contributed by atoms with Crippen LogP contribution in [0, 0.1) is 5.92 Å². The van der Waals surface area contributed by atoms with E-state index in [1.165, 1.54) is 0 Å². The average molecular weight is 273 g/mol. The molecule has 0 fully saturated rings. The van der Waals surface area contributed by atoms with Gasteiger partial charge >= 0.3 is 6.09 Å². The van der Waals surface area contributed by atoms with Crippen LogP contribution in [0.15, 0.2) is 22.8 Å². The van der Waals surface area contributed by atoms with Gasteiger partial charge in [0.05, 0.1) is 11.1 Å². The zero-order valence-electron chi connectivity index (χ0n) is 8.66. The summed E-state index contributed by atoms with van der Waals surface area (Å²) in [6.45, 7) is 4.35. The number of amides is 1. The highest BCUT2D eigenvalue weighted by Crippen LogP contribution is 2.18. The van der Waals surface area contributed by atoms with Crippen LogP contribution in [0.3, 0.4) is 0 Å². The molecule has 1 aromatic rings. The molecule has 5 heteroatoms. The van der Waals surface area contributed by atoms with Gasteiger partial charge in [-0.3, -0.25) is 5.32 Å². The van der Waals surface area contributed by atoms with Crippen molar-refractivity contribution in [2.45, 2.75) is 13.8 Å². The van der Waals surface area contributed by atoms with E-state index in [4.69, 9.17) is 4.74 Å². The number of hydrogen-bond donors (Lipinski definition) is 1. The van der Waals surface area contributed by atoms with Gasteiger partial charge < -0.3 is 4.74 Å². The summed E-state index contributed by atoms with van der Waals surface area (Å²) in [5.74, 6) is 0.786. The van der Waals surface area contributed by atoms with E-state index in [1.807, 2.05) is 13.8 Å². The van der Waals surface area contributed by atoms with Crippen LogP contribution in [0.2, 0.25) is 0 Å². The fourth-order valence-corrected chi connectivity index (χ4v) is 1.21. The van der Waals surface area contributed by atoms with Gasteiger partial charge in [-0.2, -0.15) is 0 Å².